The molecule has 5 nitrogen and oxygen atoms in total. The number of carbonyl (C=O) groups excluding carboxylic acids is 1. The minimum absolute atomic E-state index is 0.132. The molecule has 8 heteroatoms. The predicted octanol–water partition coefficient (Wildman–Crippen LogP) is 3.11. The number of hydrogen-bond donors (Lipinski definition) is 4. The van der Waals surface area contributed by atoms with Crippen LogP contribution in [-0.2, 0) is 0 Å². The maximum Gasteiger partial charge on any atom is 0.257 e. The number of aryl methyl sites for hydroxylation is 1. The molecule has 0 saturated heterocycles. The van der Waals surface area contributed by atoms with Gasteiger partial charge < -0.3 is 5.32 Å². The lowest BCUT2D eigenvalue weighted by Gasteiger charge is -2.14. The van der Waals surface area contributed by atoms with Crippen LogP contribution in [0.3, 0.4) is 0 Å². The first kappa shape index (κ1) is 18.6. The zero-order chi connectivity index (χ0) is 17.5. The number of benzene rings is 2. The normalized spacial score (nSPS) is 9.75. The average Bonchev–Trinajstić information content (AvgIpc) is 2.56. The summed E-state index contributed by atoms with van der Waals surface area (Å²) in [6, 6.07) is 14.9. The number of thiocarbonyl (C=S) groups is 2. The Balaban J connectivity index is 1.81. The molecule has 0 aliphatic heterocycles. The number of hydrogen-bond acceptors (Lipinski definition) is 3. The fraction of sp³-hybridized carbons (Fsp3) is 0.0625. The number of rotatable bonds is 2. The largest absolute Gasteiger partial charge is 0.331 e. The first-order chi connectivity index (χ1) is 11.5. The van der Waals surface area contributed by atoms with E-state index in [1.54, 1.807) is 6.07 Å². The van der Waals surface area contributed by atoms with Crippen LogP contribution < -0.4 is 21.5 Å². The summed E-state index contributed by atoms with van der Waals surface area (Å²) in [4.78, 5) is 12.1. The van der Waals surface area contributed by atoms with Gasteiger partial charge in [-0.05, 0) is 83.8 Å². The van der Waals surface area contributed by atoms with Crippen LogP contribution in [0, 0.1) is 10.5 Å². The highest BCUT2D eigenvalue weighted by Gasteiger charge is 2.09. The van der Waals surface area contributed by atoms with Crippen LogP contribution in [0.4, 0.5) is 5.69 Å². The Morgan fingerprint density at radius 1 is 1.00 bits per heavy atom. The molecule has 2 aromatic carbocycles. The van der Waals surface area contributed by atoms with Crippen LogP contribution in [0.5, 0.6) is 0 Å². The van der Waals surface area contributed by atoms with Crippen molar-refractivity contribution < 1.29 is 4.79 Å². The molecule has 2 rings (SSSR count). The molecule has 0 spiro atoms. The first-order valence-electron chi connectivity index (χ1n) is 6.95. The molecule has 0 aliphatic rings. The molecule has 124 valence electrons. The molecule has 24 heavy (non-hydrogen) atoms. The van der Waals surface area contributed by atoms with Gasteiger partial charge in [0.1, 0.15) is 0 Å². The minimum Gasteiger partial charge on any atom is -0.331 e. The fourth-order valence-corrected chi connectivity index (χ4v) is 2.57. The van der Waals surface area contributed by atoms with E-state index in [0.717, 1.165) is 14.8 Å². The maximum absolute atomic E-state index is 12.1. The summed E-state index contributed by atoms with van der Waals surface area (Å²) in [5.74, 6) is -0.283. The Morgan fingerprint density at radius 3 is 2.33 bits per heavy atom. The minimum atomic E-state index is -0.283. The monoisotopic (exact) mass is 470 g/mol. The van der Waals surface area contributed by atoms with Crippen molar-refractivity contribution in [2.75, 3.05) is 5.32 Å². The summed E-state index contributed by atoms with van der Waals surface area (Å²) in [6.45, 7) is 1.99. The second kappa shape index (κ2) is 8.90. The standard InChI is InChI=1S/C16H15IN4OS2/c1-10-7-8-11(9-13(10)17)14(22)19-16(24)21-20-15(23)18-12-5-3-2-4-6-12/h2-9H,1H3,(H2,18,20,23)(H2,19,21,22,24). The van der Waals surface area contributed by atoms with E-state index in [2.05, 4.69) is 44.1 Å². The molecule has 0 aromatic heterocycles. The van der Waals surface area contributed by atoms with Gasteiger partial charge in [0.05, 0.1) is 0 Å². The number of para-hydroxylation sites is 1. The van der Waals surface area contributed by atoms with Gasteiger partial charge in [0, 0.05) is 14.8 Å². The van der Waals surface area contributed by atoms with E-state index in [0.29, 0.717) is 10.7 Å². The first-order valence-corrected chi connectivity index (χ1v) is 8.85. The van der Waals surface area contributed by atoms with E-state index < -0.39 is 0 Å². The van der Waals surface area contributed by atoms with Crippen LogP contribution in [0.2, 0.25) is 0 Å². The number of hydrazine groups is 1. The Bertz CT molecular complexity index is 768. The van der Waals surface area contributed by atoms with Crippen LogP contribution in [0.15, 0.2) is 48.5 Å². The quantitative estimate of drug-likeness (QED) is 0.308. The number of anilines is 1. The second-order valence-corrected chi connectivity index (χ2v) is 6.80. The van der Waals surface area contributed by atoms with Gasteiger partial charge in [-0.3, -0.25) is 21.0 Å². The molecular formula is C16H15IN4OS2. The lowest BCUT2D eigenvalue weighted by atomic mass is 10.1. The van der Waals surface area contributed by atoms with Crippen LogP contribution >= 0.6 is 47.0 Å². The predicted molar refractivity (Wildman–Crippen MR) is 113 cm³/mol. The number of halogens is 1. The zero-order valence-corrected chi connectivity index (χ0v) is 16.5. The van der Waals surface area contributed by atoms with E-state index in [9.17, 15) is 4.79 Å². The Labute approximate surface area is 164 Å². The molecule has 0 aliphatic carbocycles. The SMILES string of the molecule is Cc1ccc(C(=O)NC(=S)NNC(=S)Nc2ccccc2)cc1I. The van der Waals surface area contributed by atoms with E-state index >= 15 is 0 Å². The molecule has 0 heterocycles. The Morgan fingerprint density at radius 2 is 1.67 bits per heavy atom. The molecule has 1 amide bonds. The van der Waals surface area contributed by atoms with Gasteiger partial charge >= 0.3 is 0 Å². The Hall–Kier alpha value is -1.78. The summed E-state index contributed by atoms with van der Waals surface area (Å²) in [5, 5.41) is 6.04. The van der Waals surface area contributed by atoms with Crippen LogP contribution in [-0.4, -0.2) is 16.1 Å². The van der Waals surface area contributed by atoms with E-state index in [1.807, 2.05) is 49.4 Å². The van der Waals surface area contributed by atoms with Gasteiger partial charge in [0.15, 0.2) is 10.2 Å². The summed E-state index contributed by atoms with van der Waals surface area (Å²) in [7, 11) is 0. The van der Waals surface area contributed by atoms with E-state index in [-0.39, 0.29) is 11.0 Å². The van der Waals surface area contributed by atoms with E-state index in [4.69, 9.17) is 24.4 Å². The molecule has 0 unspecified atom stereocenters. The molecule has 4 N–H and O–H groups in total. The van der Waals surface area contributed by atoms with Crippen molar-refractivity contribution in [3.63, 3.8) is 0 Å². The van der Waals surface area contributed by atoms with Gasteiger partial charge in [-0.2, -0.15) is 0 Å². The molecule has 0 fully saturated rings. The number of carbonyl (C=O) groups is 1. The van der Waals surface area contributed by atoms with Gasteiger partial charge in [-0.1, -0.05) is 24.3 Å². The summed E-state index contributed by atoms with van der Waals surface area (Å²) < 4.78 is 1.02. The zero-order valence-electron chi connectivity index (χ0n) is 12.7. The van der Waals surface area contributed by atoms with Crippen molar-refractivity contribution in [1.29, 1.82) is 0 Å². The van der Waals surface area contributed by atoms with Crippen LogP contribution in [0.25, 0.3) is 0 Å². The average molecular weight is 470 g/mol. The molecule has 0 bridgehead atoms. The highest BCUT2D eigenvalue weighted by molar-refractivity contribution is 14.1. The van der Waals surface area contributed by atoms with Gasteiger partial charge in [0.25, 0.3) is 5.91 Å². The highest BCUT2D eigenvalue weighted by atomic mass is 127. The smallest absolute Gasteiger partial charge is 0.257 e. The topological polar surface area (TPSA) is 65.2 Å². The Kier molecular flexibility index (Phi) is 6.88. The third kappa shape index (κ3) is 5.69. The summed E-state index contributed by atoms with van der Waals surface area (Å²) in [5.41, 5.74) is 7.90. The van der Waals surface area contributed by atoms with Crippen molar-refractivity contribution >= 4 is 68.8 Å². The molecule has 0 atom stereocenters. The maximum atomic E-state index is 12.1. The molecule has 2 aromatic rings. The van der Waals surface area contributed by atoms with Gasteiger partial charge in [0.2, 0.25) is 0 Å². The van der Waals surface area contributed by atoms with Crippen molar-refractivity contribution in [3.05, 3.63) is 63.2 Å². The van der Waals surface area contributed by atoms with Crippen LogP contribution in [0.1, 0.15) is 15.9 Å². The summed E-state index contributed by atoms with van der Waals surface area (Å²) >= 11 is 12.4. The third-order valence-electron chi connectivity index (χ3n) is 2.98. The molecular weight excluding hydrogens is 455 g/mol. The number of amides is 1. The van der Waals surface area contributed by atoms with Gasteiger partial charge in [-0.25, -0.2) is 0 Å². The van der Waals surface area contributed by atoms with Crippen molar-refractivity contribution in [3.8, 4) is 0 Å². The van der Waals surface area contributed by atoms with Gasteiger partial charge in [-0.15, -0.1) is 0 Å². The molecule has 0 radical (unpaired) electrons. The third-order valence-corrected chi connectivity index (χ3v) is 4.55. The number of nitrogens with one attached hydrogen (secondary N) is 4. The lowest BCUT2D eigenvalue weighted by Crippen LogP contribution is -2.49. The van der Waals surface area contributed by atoms with Crippen molar-refractivity contribution in [1.82, 2.24) is 16.2 Å². The van der Waals surface area contributed by atoms with Crippen molar-refractivity contribution in [2.24, 2.45) is 0 Å². The lowest BCUT2D eigenvalue weighted by molar-refractivity contribution is 0.0976. The highest BCUT2D eigenvalue weighted by Crippen LogP contribution is 2.13. The second-order valence-electron chi connectivity index (χ2n) is 4.82. The fourth-order valence-electron chi connectivity index (χ4n) is 1.74. The van der Waals surface area contributed by atoms with Crippen molar-refractivity contribution in [2.45, 2.75) is 6.92 Å². The molecule has 0 saturated carbocycles. The summed E-state index contributed by atoms with van der Waals surface area (Å²) in [6.07, 6.45) is 0. The van der Waals surface area contributed by atoms with E-state index in [1.165, 1.54) is 0 Å².